The lowest BCUT2D eigenvalue weighted by atomic mass is 10.4. The van der Waals surface area contributed by atoms with Crippen LogP contribution >= 0.6 is 0 Å². The summed E-state index contributed by atoms with van der Waals surface area (Å²) in [5.41, 5.74) is 0. The molecule has 1 aromatic heterocycles. The zero-order chi connectivity index (χ0) is 8.27. The van der Waals surface area contributed by atoms with Crippen LogP contribution in [0, 0.1) is 5.95 Å². The van der Waals surface area contributed by atoms with E-state index in [1.165, 1.54) is 17.1 Å². The van der Waals surface area contributed by atoms with Crippen molar-refractivity contribution >= 4 is 0 Å². The first-order valence-corrected chi connectivity index (χ1v) is 3.42. The molecule has 0 amide bonds. The predicted molar refractivity (Wildman–Crippen MR) is 38.7 cm³/mol. The van der Waals surface area contributed by atoms with Crippen LogP contribution in [0.2, 0.25) is 0 Å². The van der Waals surface area contributed by atoms with Crippen molar-refractivity contribution in [2.24, 2.45) is 0 Å². The quantitative estimate of drug-likeness (QED) is 0.657. The van der Waals surface area contributed by atoms with E-state index in [0.29, 0.717) is 6.54 Å². The van der Waals surface area contributed by atoms with Crippen LogP contribution in [0.25, 0.3) is 0 Å². The summed E-state index contributed by atoms with van der Waals surface area (Å²) < 4.78 is 19.1. The maximum atomic E-state index is 12.7. The summed E-state index contributed by atoms with van der Waals surface area (Å²) in [5.74, 6) is -0.325. The molecule has 0 radical (unpaired) electrons. The minimum Gasteiger partial charge on any atom is -0.380 e. The number of imidazole rings is 1. The van der Waals surface area contributed by atoms with Crippen LogP contribution in [0.3, 0.4) is 0 Å². The normalized spacial score (nSPS) is 13.4. The summed E-state index contributed by atoms with van der Waals surface area (Å²) in [4.78, 5) is 3.64. The Morgan fingerprint density at radius 3 is 3.00 bits per heavy atom. The minimum atomic E-state index is -0.325. The molecule has 0 spiro atoms. The monoisotopic (exact) mass is 158 g/mol. The van der Waals surface area contributed by atoms with E-state index in [4.69, 9.17) is 4.74 Å². The minimum absolute atomic E-state index is 0.0127. The van der Waals surface area contributed by atoms with Gasteiger partial charge in [-0.15, -0.1) is 0 Å². The lowest BCUT2D eigenvalue weighted by Crippen LogP contribution is -2.15. The van der Waals surface area contributed by atoms with Crippen molar-refractivity contribution in [1.29, 1.82) is 0 Å². The average molecular weight is 158 g/mol. The number of hydrogen-bond donors (Lipinski definition) is 0. The third kappa shape index (κ3) is 2.01. The molecule has 1 atom stereocenters. The third-order valence-corrected chi connectivity index (χ3v) is 1.52. The summed E-state index contributed by atoms with van der Waals surface area (Å²) in [5, 5.41) is 0. The number of aromatic nitrogens is 2. The van der Waals surface area contributed by atoms with Crippen molar-refractivity contribution in [3.05, 3.63) is 18.5 Å². The lowest BCUT2D eigenvalue weighted by Gasteiger charge is -2.09. The van der Waals surface area contributed by atoms with E-state index < -0.39 is 0 Å². The molecule has 1 rings (SSSR count). The molecule has 62 valence electrons. The molecular formula is C7H11FN2O. The Morgan fingerprint density at radius 1 is 1.82 bits per heavy atom. The number of methoxy groups -OCH3 is 1. The van der Waals surface area contributed by atoms with Gasteiger partial charge in [0.05, 0.1) is 25.2 Å². The van der Waals surface area contributed by atoms with Crippen molar-refractivity contribution in [3.63, 3.8) is 0 Å². The Bertz CT molecular complexity index is 224. The molecule has 0 N–H and O–H groups in total. The fraction of sp³-hybridized carbons (Fsp3) is 0.571. The summed E-state index contributed by atoms with van der Waals surface area (Å²) in [6.07, 6.45) is 2.64. The molecule has 4 heteroatoms. The summed E-state index contributed by atoms with van der Waals surface area (Å²) in [6, 6.07) is 0. The maximum Gasteiger partial charge on any atom is 0.213 e. The largest absolute Gasteiger partial charge is 0.380 e. The van der Waals surface area contributed by atoms with Crippen molar-refractivity contribution in [1.82, 2.24) is 9.55 Å². The fourth-order valence-electron chi connectivity index (χ4n) is 0.791. The van der Waals surface area contributed by atoms with Gasteiger partial charge >= 0.3 is 0 Å². The van der Waals surface area contributed by atoms with E-state index in [0.717, 1.165) is 0 Å². The molecule has 0 aliphatic rings. The van der Waals surface area contributed by atoms with Gasteiger partial charge < -0.3 is 9.30 Å². The average Bonchev–Trinajstić information content (AvgIpc) is 2.37. The number of ether oxygens (including phenoxy) is 1. The highest BCUT2D eigenvalue weighted by Crippen LogP contribution is 1.99. The van der Waals surface area contributed by atoms with Gasteiger partial charge in [0, 0.05) is 7.11 Å². The predicted octanol–water partition coefficient (Wildman–Crippen LogP) is 1.06. The van der Waals surface area contributed by atoms with Crippen molar-refractivity contribution in [2.75, 3.05) is 7.11 Å². The first-order chi connectivity index (χ1) is 5.24. The molecule has 0 unspecified atom stereocenters. The van der Waals surface area contributed by atoms with Crippen LogP contribution in [-0.4, -0.2) is 22.8 Å². The number of halogens is 1. The van der Waals surface area contributed by atoms with Gasteiger partial charge in [0.25, 0.3) is 0 Å². The molecular weight excluding hydrogens is 147 g/mol. The number of rotatable bonds is 3. The zero-order valence-electron chi connectivity index (χ0n) is 6.62. The third-order valence-electron chi connectivity index (χ3n) is 1.52. The van der Waals surface area contributed by atoms with E-state index in [1.54, 1.807) is 7.11 Å². The van der Waals surface area contributed by atoms with Gasteiger partial charge in [-0.25, -0.2) is 4.98 Å². The molecule has 0 bridgehead atoms. The van der Waals surface area contributed by atoms with Crippen LogP contribution in [0.15, 0.2) is 12.5 Å². The van der Waals surface area contributed by atoms with Gasteiger partial charge in [-0.2, -0.15) is 4.39 Å². The van der Waals surface area contributed by atoms with Crippen molar-refractivity contribution in [2.45, 2.75) is 19.6 Å². The number of hydrogen-bond acceptors (Lipinski definition) is 2. The molecule has 0 saturated heterocycles. The Balaban J connectivity index is 2.56. The first kappa shape index (κ1) is 8.20. The summed E-state index contributed by atoms with van der Waals surface area (Å²) in [6.45, 7) is 2.38. The fourth-order valence-corrected chi connectivity index (χ4v) is 0.791. The molecule has 3 nitrogen and oxygen atoms in total. The van der Waals surface area contributed by atoms with Crippen molar-refractivity contribution in [3.8, 4) is 0 Å². The van der Waals surface area contributed by atoms with Gasteiger partial charge in [0.15, 0.2) is 0 Å². The van der Waals surface area contributed by atoms with Crippen LogP contribution in [-0.2, 0) is 11.3 Å². The van der Waals surface area contributed by atoms with Gasteiger partial charge in [0.2, 0.25) is 5.95 Å². The highest BCUT2D eigenvalue weighted by molar-refractivity contribution is 4.79. The molecule has 0 aromatic carbocycles. The Labute approximate surface area is 64.8 Å². The Hall–Kier alpha value is -0.900. The van der Waals surface area contributed by atoms with Gasteiger partial charge in [-0.05, 0) is 6.92 Å². The molecule has 0 aliphatic heterocycles. The molecule has 1 heterocycles. The van der Waals surface area contributed by atoms with E-state index in [9.17, 15) is 4.39 Å². The van der Waals surface area contributed by atoms with E-state index in [2.05, 4.69) is 4.98 Å². The first-order valence-electron chi connectivity index (χ1n) is 3.42. The Kier molecular flexibility index (Phi) is 2.59. The van der Waals surface area contributed by atoms with Crippen molar-refractivity contribution < 1.29 is 9.13 Å². The number of nitrogens with zero attached hydrogens (tertiary/aromatic N) is 2. The molecule has 11 heavy (non-hydrogen) atoms. The maximum absolute atomic E-state index is 12.7. The summed E-state index contributed by atoms with van der Waals surface area (Å²) >= 11 is 0. The second kappa shape index (κ2) is 3.48. The molecule has 0 fully saturated rings. The van der Waals surface area contributed by atoms with Gasteiger partial charge in [-0.1, -0.05) is 0 Å². The second-order valence-electron chi connectivity index (χ2n) is 2.42. The van der Waals surface area contributed by atoms with E-state index in [-0.39, 0.29) is 12.1 Å². The highest BCUT2D eigenvalue weighted by atomic mass is 19.1. The van der Waals surface area contributed by atoms with Gasteiger partial charge in [0.1, 0.15) is 0 Å². The van der Waals surface area contributed by atoms with Crippen LogP contribution in [0.5, 0.6) is 0 Å². The van der Waals surface area contributed by atoms with Crippen LogP contribution in [0.1, 0.15) is 6.92 Å². The Morgan fingerprint density at radius 2 is 2.55 bits per heavy atom. The van der Waals surface area contributed by atoms with Crippen LogP contribution in [0.4, 0.5) is 4.39 Å². The van der Waals surface area contributed by atoms with E-state index >= 15 is 0 Å². The second-order valence-corrected chi connectivity index (χ2v) is 2.42. The van der Waals surface area contributed by atoms with Gasteiger partial charge in [-0.3, -0.25) is 0 Å². The molecule has 1 aromatic rings. The highest BCUT2D eigenvalue weighted by Gasteiger charge is 2.04. The zero-order valence-corrected chi connectivity index (χ0v) is 6.62. The standard InChI is InChI=1S/C7H11FN2O/c1-6(11-2)4-10-5-9-3-7(10)8/h3,5-6H,4H2,1-2H3/t6-/m1/s1. The van der Waals surface area contributed by atoms with E-state index in [1.807, 2.05) is 6.92 Å². The SMILES string of the molecule is CO[C@H](C)Cn1cncc1F. The molecule has 0 aliphatic carbocycles. The summed E-state index contributed by atoms with van der Waals surface area (Å²) in [7, 11) is 1.60. The smallest absolute Gasteiger partial charge is 0.213 e. The lowest BCUT2D eigenvalue weighted by molar-refractivity contribution is 0.1000. The topological polar surface area (TPSA) is 27.1 Å². The van der Waals surface area contributed by atoms with Crippen LogP contribution < -0.4 is 0 Å². The molecule has 0 saturated carbocycles.